The minimum absolute atomic E-state index is 0. The zero-order valence-corrected chi connectivity index (χ0v) is 7.37. The summed E-state index contributed by atoms with van der Waals surface area (Å²) in [6.45, 7) is 0.655. The molecule has 1 unspecified atom stereocenters. The first-order chi connectivity index (χ1) is 5.13. The Morgan fingerprint density at radius 3 is 2.67 bits per heavy atom. The second-order valence-electron chi connectivity index (χ2n) is 2.77. The Balaban J connectivity index is 0.00000121. The van der Waals surface area contributed by atoms with Crippen LogP contribution in [-0.4, -0.2) is 30.4 Å². The molecule has 1 atom stereocenters. The standard InChI is InChI=1S/C7H11NO3.Li/c1-8-4-2-3-5(6(8)9)7(10)11;/h5H,2-4H2,1H3,(H,10,11);/q;+1/p-1. The van der Waals surface area contributed by atoms with Crippen LogP contribution in [0.1, 0.15) is 12.8 Å². The van der Waals surface area contributed by atoms with Crippen LogP contribution in [0.2, 0.25) is 0 Å². The number of hydrogen-bond acceptors (Lipinski definition) is 3. The smallest absolute Gasteiger partial charge is 0.549 e. The number of amides is 1. The van der Waals surface area contributed by atoms with Gasteiger partial charge in [-0.15, -0.1) is 0 Å². The normalized spacial score (nSPS) is 23.2. The van der Waals surface area contributed by atoms with Crippen molar-refractivity contribution in [3.8, 4) is 0 Å². The molecule has 0 saturated carbocycles. The molecule has 1 aliphatic rings. The fraction of sp³-hybridized carbons (Fsp3) is 0.714. The minimum atomic E-state index is -1.25. The molecule has 0 spiro atoms. The summed E-state index contributed by atoms with van der Waals surface area (Å²) in [6.07, 6.45) is 1.17. The Bertz CT molecular complexity index is 195. The molecule has 5 heteroatoms. The van der Waals surface area contributed by atoms with Crippen molar-refractivity contribution in [3.05, 3.63) is 0 Å². The molecule has 1 amide bonds. The van der Waals surface area contributed by atoms with Crippen LogP contribution in [0.4, 0.5) is 0 Å². The van der Waals surface area contributed by atoms with Gasteiger partial charge in [-0.3, -0.25) is 4.79 Å². The Kier molecular flexibility index (Phi) is 4.36. The predicted octanol–water partition coefficient (Wildman–Crippen LogP) is -4.39. The third-order valence-corrected chi connectivity index (χ3v) is 1.95. The van der Waals surface area contributed by atoms with E-state index in [0.717, 1.165) is 6.42 Å². The summed E-state index contributed by atoms with van der Waals surface area (Å²) in [4.78, 5) is 22.9. The number of carbonyl (C=O) groups is 2. The van der Waals surface area contributed by atoms with E-state index in [1.807, 2.05) is 0 Å². The number of likely N-dealkylation sites (tertiary alicyclic amines) is 1. The summed E-state index contributed by atoms with van der Waals surface area (Å²) in [7, 11) is 1.61. The number of carboxylic acid groups (broad SMARTS) is 1. The Morgan fingerprint density at radius 2 is 2.25 bits per heavy atom. The molecule has 1 saturated heterocycles. The van der Waals surface area contributed by atoms with Gasteiger partial charge in [-0.1, -0.05) is 0 Å². The summed E-state index contributed by atoms with van der Waals surface area (Å²) in [6, 6.07) is 0. The van der Waals surface area contributed by atoms with E-state index >= 15 is 0 Å². The van der Waals surface area contributed by atoms with E-state index < -0.39 is 11.9 Å². The molecule has 1 heterocycles. The largest absolute Gasteiger partial charge is 1.00 e. The second kappa shape index (κ2) is 4.54. The topological polar surface area (TPSA) is 60.4 Å². The van der Waals surface area contributed by atoms with E-state index in [2.05, 4.69) is 0 Å². The fourth-order valence-electron chi connectivity index (χ4n) is 1.25. The minimum Gasteiger partial charge on any atom is -0.549 e. The number of piperidine rings is 1. The first kappa shape index (κ1) is 11.5. The number of carboxylic acids is 1. The molecule has 0 aromatic heterocycles. The molecule has 12 heavy (non-hydrogen) atoms. The average Bonchev–Trinajstić information content (AvgIpc) is 1.94. The van der Waals surface area contributed by atoms with Crippen molar-refractivity contribution >= 4 is 11.9 Å². The van der Waals surface area contributed by atoms with Crippen LogP contribution in [0, 0.1) is 5.92 Å². The van der Waals surface area contributed by atoms with Gasteiger partial charge in [-0.05, 0) is 12.8 Å². The SMILES string of the molecule is CN1CCCC(C(=O)[O-])C1=O.[Li+]. The maximum atomic E-state index is 11.1. The molecule has 4 nitrogen and oxygen atoms in total. The summed E-state index contributed by atoms with van der Waals surface area (Å²) in [5.41, 5.74) is 0. The summed E-state index contributed by atoms with van der Waals surface area (Å²) in [5, 5.41) is 10.4. The summed E-state index contributed by atoms with van der Waals surface area (Å²) >= 11 is 0. The van der Waals surface area contributed by atoms with Gasteiger partial charge in [0.25, 0.3) is 0 Å². The predicted molar refractivity (Wildman–Crippen MR) is 35.4 cm³/mol. The van der Waals surface area contributed by atoms with Gasteiger partial charge in [0, 0.05) is 13.6 Å². The first-order valence-corrected chi connectivity index (χ1v) is 3.59. The molecule has 0 N–H and O–H groups in total. The molecule has 0 radical (unpaired) electrons. The van der Waals surface area contributed by atoms with Crippen LogP contribution in [0.5, 0.6) is 0 Å². The van der Waals surface area contributed by atoms with Gasteiger partial charge in [-0.25, -0.2) is 0 Å². The molecular weight excluding hydrogens is 153 g/mol. The maximum Gasteiger partial charge on any atom is 1.00 e. The third-order valence-electron chi connectivity index (χ3n) is 1.95. The monoisotopic (exact) mass is 163 g/mol. The van der Waals surface area contributed by atoms with E-state index in [1.54, 1.807) is 7.05 Å². The van der Waals surface area contributed by atoms with Gasteiger partial charge >= 0.3 is 18.9 Å². The van der Waals surface area contributed by atoms with Crippen LogP contribution in [-0.2, 0) is 9.59 Å². The molecule has 0 bridgehead atoms. The third kappa shape index (κ3) is 2.26. The van der Waals surface area contributed by atoms with Crippen LogP contribution in [0.15, 0.2) is 0 Å². The zero-order chi connectivity index (χ0) is 8.43. The Morgan fingerprint density at radius 1 is 1.67 bits per heavy atom. The van der Waals surface area contributed by atoms with Gasteiger partial charge < -0.3 is 14.8 Å². The van der Waals surface area contributed by atoms with Gasteiger partial charge in [0.15, 0.2) is 0 Å². The Labute approximate surface area is 83.1 Å². The number of carbonyl (C=O) groups excluding carboxylic acids is 2. The van der Waals surface area contributed by atoms with Gasteiger partial charge in [0.2, 0.25) is 5.91 Å². The molecular formula is C7H10LiNO3. The second-order valence-corrected chi connectivity index (χ2v) is 2.77. The van der Waals surface area contributed by atoms with Crippen molar-refractivity contribution in [1.82, 2.24) is 4.90 Å². The number of nitrogens with zero attached hydrogens (tertiary/aromatic N) is 1. The van der Waals surface area contributed by atoms with Crippen molar-refractivity contribution in [2.45, 2.75) is 12.8 Å². The molecule has 1 fully saturated rings. The van der Waals surface area contributed by atoms with E-state index in [0.29, 0.717) is 13.0 Å². The summed E-state index contributed by atoms with van der Waals surface area (Å²) < 4.78 is 0. The molecule has 0 aromatic carbocycles. The summed E-state index contributed by atoms with van der Waals surface area (Å²) in [5.74, 6) is -2.48. The van der Waals surface area contributed by atoms with E-state index in [4.69, 9.17) is 0 Å². The van der Waals surface area contributed by atoms with Crippen molar-refractivity contribution in [3.63, 3.8) is 0 Å². The maximum absolute atomic E-state index is 11.1. The van der Waals surface area contributed by atoms with Gasteiger partial charge in [0.05, 0.1) is 11.9 Å². The number of rotatable bonds is 1. The van der Waals surface area contributed by atoms with E-state index in [1.165, 1.54) is 4.90 Å². The van der Waals surface area contributed by atoms with Crippen molar-refractivity contribution in [2.75, 3.05) is 13.6 Å². The van der Waals surface area contributed by atoms with Crippen LogP contribution >= 0.6 is 0 Å². The van der Waals surface area contributed by atoms with Crippen molar-refractivity contribution < 1.29 is 33.6 Å². The quantitative estimate of drug-likeness (QED) is 0.290. The molecule has 0 aromatic rings. The Hall–Kier alpha value is -0.463. The molecule has 1 aliphatic heterocycles. The average molecular weight is 163 g/mol. The fourth-order valence-corrected chi connectivity index (χ4v) is 1.25. The number of aliphatic carboxylic acids is 1. The van der Waals surface area contributed by atoms with E-state index in [9.17, 15) is 14.7 Å². The van der Waals surface area contributed by atoms with Crippen LogP contribution in [0.3, 0.4) is 0 Å². The molecule has 62 valence electrons. The van der Waals surface area contributed by atoms with Crippen molar-refractivity contribution in [1.29, 1.82) is 0 Å². The number of hydrogen-bond donors (Lipinski definition) is 0. The van der Waals surface area contributed by atoms with Gasteiger partial charge in [0.1, 0.15) is 0 Å². The van der Waals surface area contributed by atoms with Gasteiger partial charge in [-0.2, -0.15) is 0 Å². The van der Waals surface area contributed by atoms with Crippen molar-refractivity contribution in [2.24, 2.45) is 5.92 Å². The molecule has 0 aliphatic carbocycles. The van der Waals surface area contributed by atoms with E-state index in [-0.39, 0.29) is 24.8 Å². The molecule has 1 rings (SSSR count). The van der Waals surface area contributed by atoms with Crippen LogP contribution in [0.25, 0.3) is 0 Å². The first-order valence-electron chi connectivity index (χ1n) is 3.59. The zero-order valence-electron chi connectivity index (χ0n) is 7.37. The van der Waals surface area contributed by atoms with Crippen LogP contribution < -0.4 is 24.0 Å².